The highest BCUT2D eigenvalue weighted by molar-refractivity contribution is 9.10. The van der Waals surface area contributed by atoms with E-state index in [-0.39, 0.29) is 24.4 Å². The van der Waals surface area contributed by atoms with Crippen molar-refractivity contribution in [3.63, 3.8) is 0 Å². The number of amides is 3. The van der Waals surface area contributed by atoms with Crippen LogP contribution in [0.25, 0.3) is 0 Å². The topological polar surface area (TPSA) is 69.7 Å². The molecule has 0 atom stereocenters. The van der Waals surface area contributed by atoms with E-state index in [1.54, 1.807) is 6.92 Å². The Kier molecular flexibility index (Phi) is 8.86. The van der Waals surface area contributed by atoms with Crippen molar-refractivity contribution in [2.45, 2.75) is 31.9 Å². The Labute approximate surface area is 219 Å². The van der Waals surface area contributed by atoms with Crippen LogP contribution in [0.5, 0.6) is 0 Å². The number of nitrogens with one attached hydrogen (secondary N) is 1. The molecular weight excluding hydrogens is 598 g/mol. The maximum absolute atomic E-state index is 15.2. The van der Waals surface area contributed by atoms with Crippen molar-refractivity contribution in [3.05, 3.63) is 57.3 Å². The zero-order valence-electron chi connectivity index (χ0n) is 20.1. The van der Waals surface area contributed by atoms with E-state index >= 15 is 4.39 Å². The first-order chi connectivity index (χ1) is 17.3. The maximum atomic E-state index is 15.2. The molecule has 6 nitrogen and oxygen atoms in total. The number of carbonyl (C=O) groups is 3. The second-order valence-electron chi connectivity index (χ2n) is 8.08. The second-order valence-corrected chi connectivity index (χ2v) is 8.93. The first-order valence-corrected chi connectivity index (χ1v) is 11.3. The van der Waals surface area contributed by atoms with Crippen LogP contribution in [-0.2, 0) is 15.3 Å². The van der Waals surface area contributed by atoms with Crippen LogP contribution in [0.2, 0.25) is 0 Å². The summed E-state index contributed by atoms with van der Waals surface area (Å²) in [6, 6.07) is 3.74. The SMILES string of the molecule is CCN(C)C(=O)C(=O)N(C)c1cccc(C(=O)Nc2c(C)cc(C(F)(C(F)(F)F)C(F)(F)F)cc2Br)c1F. The molecule has 0 saturated carbocycles. The lowest BCUT2D eigenvalue weighted by Crippen LogP contribution is -2.50. The summed E-state index contributed by atoms with van der Waals surface area (Å²) in [5.41, 5.74) is -9.37. The molecule has 0 radical (unpaired) electrons. The molecule has 15 heteroatoms. The van der Waals surface area contributed by atoms with Crippen molar-refractivity contribution in [2.75, 3.05) is 30.9 Å². The molecule has 2 aromatic rings. The lowest BCUT2D eigenvalue weighted by Gasteiger charge is -2.31. The van der Waals surface area contributed by atoms with Crippen LogP contribution in [-0.4, -0.2) is 55.6 Å². The third kappa shape index (κ3) is 5.61. The van der Waals surface area contributed by atoms with Gasteiger partial charge in [0.15, 0.2) is 5.82 Å². The van der Waals surface area contributed by atoms with Gasteiger partial charge in [0, 0.05) is 30.7 Å². The van der Waals surface area contributed by atoms with Crippen molar-refractivity contribution >= 4 is 45.0 Å². The zero-order valence-corrected chi connectivity index (χ0v) is 21.7. The van der Waals surface area contributed by atoms with Gasteiger partial charge in [-0.05, 0) is 53.5 Å². The quantitative estimate of drug-likeness (QED) is 0.337. The molecule has 0 bridgehead atoms. The summed E-state index contributed by atoms with van der Waals surface area (Å²) in [4.78, 5) is 39.0. The van der Waals surface area contributed by atoms with Gasteiger partial charge in [-0.2, -0.15) is 26.3 Å². The number of aryl methyl sites for hydroxylation is 1. The van der Waals surface area contributed by atoms with Gasteiger partial charge >= 0.3 is 29.8 Å². The number of likely N-dealkylation sites (N-methyl/N-ethyl adjacent to an activating group) is 2. The third-order valence-corrected chi connectivity index (χ3v) is 6.22. The van der Waals surface area contributed by atoms with Crippen LogP contribution in [0, 0.1) is 12.7 Å². The summed E-state index contributed by atoms with van der Waals surface area (Å²) in [5.74, 6) is -4.50. The van der Waals surface area contributed by atoms with Gasteiger partial charge in [0.25, 0.3) is 5.91 Å². The molecule has 0 heterocycles. The predicted molar refractivity (Wildman–Crippen MR) is 125 cm³/mol. The Bertz CT molecular complexity index is 1230. The van der Waals surface area contributed by atoms with Crippen LogP contribution >= 0.6 is 15.9 Å². The summed E-state index contributed by atoms with van der Waals surface area (Å²) in [7, 11) is 2.43. The summed E-state index contributed by atoms with van der Waals surface area (Å²) in [6.07, 6.45) is -12.7. The first-order valence-electron chi connectivity index (χ1n) is 10.6. The van der Waals surface area contributed by atoms with Gasteiger partial charge in [0.05, 0.1) is 16.9 Å². The smallest absolute Gasteiger partial charge is 0.338 e. The number of hydrogen-bond acceptors (Lipinski definition) is 3. The molecule has 0 aliphatic rings. The summed E-state index contributed by atoms with van der Waals surface area (Å²) in [6.45, 7) is 2.79. The summed E-state index contributed by atoms with van der Waals surface area (Å²) < 4.78 is 108. The fourth-order valence-corrected chi connectivity index (χ4v) is 3.94. The molecule has 0 spiro atoms. The molecule has 2 aromatic carbocycles. The van der Waals surface area contributed by atoms with Crippen molar-refractivity contribution in [1.82, 2.24) is 4.90 Å². The fourth-order valence-electron chi connectivity index (χ4n) is 3.28. The van der Waals surface area contributed by atoms with Gasteiger partial charge in [-0.15, -0.1) is 0 Å². The number of nitrogens with zero attached hydrogens (tertiary/aromatic N) is 2. The molecule has 38 heavy (non-hydrogen) atoms. The molecule has 0 aliphatic heterocycles. The molecule has 3 amide bonds. The average Bonchev–Trinajstić information content (AvgIpc) is 2.82. The Balaban J connectivity index is 2.46. The van der Waals surface area contributed by atoms with Crippen LogP contribution in [0.3, 0.4) is 0 Å². The van der Waals surface area contributed by atoms with E-state index in [4.69, 9.17) is 0 Å². The fraction of sp³-hybridized carbons (Fsp3) is 0.348. The van der Waals surface area contributed by atoms with Crippen molar-refractivity contribution in [3.8, 4) is 0 Å². The number of halogens is 9. The van der Waals surface area contributed by atoms with Gasteiger partial charge in [-0.1, -0.05) is 12.1 Å². The van der Waals surface area contributed by atoms with Crippen LogP contribution in [0.15, 0.2) is 34.8 Å². The number of alkyl halides is 7. The van der Waals surface area contributed by atoms with Crippen LogP contribution in [0.1, 0.15) is 28.4 Å². The minimum Gasteiger partial charge on any atom is -0.338 e. The minimum absolute atomic E-state index is 0.186. The molecular formula is C23H20BrF8N3O3. The highest BCUT2D eigenvalue weighted by Crippen LogP contribution is 2.54. The van der Waals surface area contributed by atoms with E-state index in [9.17, 15) is 45.1 Å². The highest BCUT2D eigenvalue weighted by atomic mass is 79.9. The van der Waals surface area contributed by atoms with Gasteiger partial charge < -0.3 is 15.1 Å². The Hall–Kier alpha value is -3.23. The molecule has 2 rings (SSSR count). The molecule has 1 N–H and O–H groups in total. The van der Waals surface area contributed by atoms with E-state index in [0.717, 1.165) is 31.0 Å². The number of benzene rings is 2. The normalized spacial score (nSPS) is 12.2. The van der Waals surface area contributed by atoms with Crippen LogP contribution < -0.4 is 10.2 Å². The Morgan fingerprint density at radius 2 is 1.50 bits per heavy atom. The van der Waals surface area contributed by atoms with Crippen LogP contribution in [0.4, 0.5) is 46.5 Å². The highest BCUT2D eigenvalue weighted by Gasteiger charge is 2.73. The third-order valence-electron chi connectivity index (χ3n) is 5.60. The number of hydrogen-bond donors (Lipinski definition) is 1. The van der Waals surface area contributed by atoms with Gasteiger partial charge in [0.2, 0.25) is 0 Å². The Morgan fingerprint density at radius 3 is 1.97 bits per heavy atom. The van der Waals surface area contributed by atoms with E-state index in [2.05, 4.69) is 21.2 Å². The van der Waals surface area contributed by atoms with Crippen molar-refractivity contribution in [1.29, 1.82) is 0 Å². The Morgan fingerprint density at radius 1 is 0.947 bits per heavy atom. The molecule has 0 fully saturated rings. The minimum atomic E-state index is -6.34. The molecule has 208 valence electrons. The van der Waals surface area contributed by atoms with Gasteiger partial charge in [0.1, 0.15) is 0 Å². The predicted octanol–water partition coefficient (Wildman–Crippen LogP) is 5.88. The van der Waals surface area contributed by atoms with E-state index < -0.39 is 68.4 Å². The lowest BCUT2D eigenvalue weighted by molar-refractivity contribution is -0.348. The largest absolute Gasteiger partial charge is 0.435 e. The van der Waals surface area contributed by atoms with Crippen molar-refractivity contribution < 1.29 is 49.5 Å². The van der Waals surface area contributed by atoms with E-state index in [0.29, 0.717) is 4.90 Å². The summed E-state index contributed by atoms with van der Waals surface area (Å²) >= 11 is 2.73. The molecule has 0 aromatic heterocycles. The zero-order chi connectivity index (χ0) is 29.4. The molecule has 0 saturated heterocycles. The molecule has 0 unspecified atom stereocenters. The lowest BCUT2D eigenvalue weighted by atomic mass is 9.92. The van der Waals surface area contributed by atoms with Gasteiger partial charge in [-0.3, -0.25) is 14.4 Å². The maximum Gasteiger partial charge on any atom is 0.435 e. The second kappa shape index (κ2) is 10.9. The number of carbonyl (C=O) groups excluding carboxylic acids is 3. The standard InChI is InChI=1S/C23H20BrF8N3O3/c1-5-34(3)19(37)20(38)35(4)15-8-6-7-13(16(15)25)18(36)33-17-11(2)9-12(10-14(17)24)21(26,22(27,28)29)23(30,31)32/h6-10H,5H2,1-4H3,(H,33,36). The van der Waals surface area contributed by atoms with Crippen molar-refractivity contribution in [2.24, 2.45) is 0 Å². The van der Waals surface area contributed by atoms with E-state index in [1.165, 1.54) is 13.1 Å². The first kappa shape index (κ1) is 31.0. The average molecular weight is 618 g/mol. The van der Waals surface area contributed by atoms with E-state index in [1.807, 2.05) is 0 Å². The monoisotopic (exact) mass is 617 g/mol. The summed E-state index contributed by atoms with van der Waals surface area (Å²) in [5, 5.41) is 2.15. The number of rotatable bonds is 5. The van der Waals surface area contributed by atoms with Gasteiger partial charge in [-0.25, -0.2) is 8.78 Å². The molecule has 0 aliphatic carbocycles. The number of anilines is 2.